The molecule has 0 bridgehead atoms. The molecule has 0 fully saturated rings. The average molecular weight is 400 g/mol. The monoisotopic (exact) mass is 400 g/mol. The minimum atomic E-state index is -1.16. The summed E-state index contributed by atoms with van der Waals surface area (Å²) in [5, 5.41) is 6.49. The highest BCUT2D eigenvalue weighted by Gasteiger charge is 2.25. The van der Waals surface area contributed by atoms with Gasteiger partial charge < -0.3 is 9.88 Å². The first kappa shape index (κ1) is 18.7. The number of carbonyl (C=O) groups is 1. The second-order valence-corrected chi connectivity index (χ2v) is 6.73. The van der Waals surface area contributed by atoms with Gasteiger partial charge in [0.05, 0.1) is 17.1 Å². The van der Waals surface area contributed by atoms with Gasteiger partial charge in [0.25, 0.3) is 11.5 Å². The molecule has 9 heteroatoms. The topological polar surface area (TPSA) is 81.8 Å². The smallest absolute Gasteiger partial charge is 0.272 e. The van der Waals surface area contributed by atoms with Gasteiger partial charge in [0.15, 0.2) is 11.6 Å². The van der Waals surface area contributed by atoms with Crippen LogP contribution in [0.4, 0.5) is 13.2 Å². The molecule has 0 spiro atoms. The highest BCUT2D eigenvalue weighted by molar-refractivity contribution is 5.98. The summed E-state index contributed by atoms with van der Waals surface area (Å²) in [6, 6.07) is 6.85. The van der Waals surface area contributed by atoms with E-state index in [-0.39, 0.29) is 27.5 Å². The predicted octanol–water partition coefficient (Wildman–Crippen LogP) is 3.65. The van der Waals surface area contributed by atoms with Crippen LogP contribution >= 0.6 is 0 Å². The van der Waals surface area contributed by atoms with E-state index in [4.69, 9.17) is 0 Å². The molecule has 4 aromatic rings. The Hall–Kier alpha value is -3.62. The van der Waals surface area contributed by atoms with E-state index in [2.05, 4.69) is 15.2 Å². The number of fused-ring (bicyclic) bond motifs is 2. The first-order valence-corrected chi connectivity index (χ1v) is 8.69. The number of nitrogens with zero attached hydrogens (tertiary/aromatic N) is 2. The Balaban J connectivity index is 1.75. The predicted molar refractivity (Wildman–Crippen MR) is 101 cm³/mol. The lowest BCUT2D eigenvalue weighted by molar-refractivity contribution is 0.0735. The van der Waals surface area contributed by atoms with Crippen LogP contribution in [0.5, 0.6) is 0 Å². The van der Waals surface area contributed by atoms with Crippen LogP contribution < -0.4 is 5.56 Å². The summed E-state index contributed by atoms with van der Waals surface area (Å²) >= 11 is 0. The van der Waals surface area contributed by atoms with Crippen molar-refractivity contribution < 1.29 is 18.0 Å². The van der Waals surface area contributed by atoms with Crippen LogP contribution in [0.2, 0.25) is 0 Å². The lowest BCUT2D eigenvalue weighted by Gasteiger charge is -2.24. The third kappa shape index (κ3) is 3.04. The normalized spacial score (nSPS) is 12.4. The minimum Gasteiger partial charge on any atom is -0.350 e. The van der Waals surface area contributed by atoms with Gasteiger partial charge in [-0.15, -0.1) is 0 Å². The van der Waals surface area contributed by atoms with Gasteiger partial charge in [-0.05, 0) is 37.3 Å². The summed E-state index contributed by atoms with van der Waals surface area (Å²) in [4.78, 5) is 29.0. The zero-order valence-electron chi connectivity index (χ0n) is 15.4. The molecule has 148 valence electrons. The number of aromatic amines is 2. The summed E-state index contributed by atoms with van der Waals surface area (Å²) in [5.41, 5.74) is 0.150. The van der Waals surface area contributed by atoms with E-state index in [0.29, 0.717) is 5.52 Å². The van der Waals surface area contributed by atoms with Gasteiger partial charge >= 0.3 is 0 Å². The number of H-pyrrole nitrogens is 2. The van der Waals surface area contributed by atoms with Gasteiger partial charge in [0.1, 0.15) is 11.5 Å². The fourth-order valence-corrected chi connectivity index (χ4v) is 3.28. The van der Waals surface area contributed by atoms with Crippen LogP contribution in [0.15, 0.2) is 41.2 Å². The van der Waals surface area contributed by atoms with E-state index in [1.165, 1.54) is 30.1 Å². The Morgan fingerprint density at radius 2 is 1.72 bits per heavy atom. The molecule has 29 heavy (non-hydrogen) atoms. The lowest BCUT2D eigenvalue weighted by atomic mass is 10.1. The first-order chi connectivity index (χ1) is 13.8. The van der Waals surface area contributed by atoms with Crippen LogP contribution in [0.3, 0.4) is 0 Å². The number of halogens is 3. The highest BCUT2D eigenvalue weighted by Crippen LogP contribution is 2.27. The van der Waals surface area contributed by atoms with Crippen LogP contribution in [-0.2, 0) is 0 Å². The van der Waals surface area contributed by atoms with Crippen molar-refractivity contribution in [2.45, 2.75) is 13.0 Å². The Kier molecular flexibility index (Phi) is 4.37. The van der Waals surface area contributed by atoms with Gasteiger partial charge in [0.2, 0.25) is 0 Å². The Bertz CT molecular complexity index is 1330. The van der Waals surface area contributed by atoms with Crippen molar-refractivity contribution in [2.24, 2.45) is 0 Å². The van der Waals surface area contributed by atoms with Crippen molar-refractivity contribution in [1.29, 1.82) is 0 Å². The van der Waals surface area contributed by atoms with Gasteiger partial charge in [0, 0.05) is 23.3 Å². The zero-order chi connectivity index (χ0) is 20.9. The Morgan fingerprint density at radius 1 is 1.03 bits per heavy atom. The molecule has 6 nitrogen and oxygen atoms in total. The Morgan fingerprint density at radius 3 is 2.41 bits per heavy atom. The number of hydrogen-bond donors (Lipinski definition) is 2. The van der Waals surface area contributed by atoms with Gasteiger partial charge in [-0.3, -0.25) is 9.59 Å². The molecule has 2 aromatic carbocycles. The second kappa shape index (κ2) is 6.77. The maximum atomic E-state index is 13.9. The van der Waals surface area contributed by atoms with Crippen molar-refractivity contribution in [3.8, 4) is 0 Å². The molecule has 0 saturated carbocycles. The number of hydrogen-bond acceptors (Lipinski definition) is 3. The Labute approximate surface area is 162 Å². The lowest BCUT2D eigenvalue weighted by Crippen LogP contribution is -2.31. The van der Waals surface area contributed by atoms with Crippen molar-refractivity contribution in [3.63, 3.8) is 0 Å². The number of benzene rings is 2. The van der Waals surface area contributed by atoms with Gasteiger partial charge in [-0.25, -0.2) is 18.3 Å². The zero-order valence-corrected chi connectivity index (χ0v) is 15.4. The molecule has 1 amide bonds. The largest absolute Gasteiger partial charge is 0.350 e. The number of carbonyl (C=O) groups excluding carboxylic acids is 1. The number of aromatic nitrogens is 3. The molecule has 0 unspecified atom stereocenters. The summed E-state index contributed by atoms with van der Waals surface area (Å²) < 4.78 is 41.2. The maximum Gasteiger partial charge on any atom is 0.272 e. The van der Waals surface area contributed by atoms with Crippen molar-refractivity contribution in [2.75, 3.05) is 7.05 Å². The van der Waals surface area contributed by atoms with Crippen molar-refractivity contribution >= 4 is 27.6 Å². The minimum absolute atomic E-state index is 0.0747. The second-order valence-electron chi connectivity index (χ2n) is 6.73. The molecule has 0 aliphatic rings. The third-order valence-corrected chi connectivity index (χ3v) is 5.00. The van der Waals surface area contributed by atoms with Crippen LogP contribution in [0.25, 0.3) is 21.7 Å². The summed E-state index contributed by atoms with van der Waals surface area (Å²) in [6.07, 6.45) is 0. The molecule has 4 rings (SSSR count). The quantitative estimate of drug-likeness (QED) is 0.551. The molecule has 0 aliphatic heterocycles. The van der Waals surface area contributed by atoms with Crippen LogP contribution in [0, 0.1) is 17.5 Å². The van der Waals surface area contributed by atoms with Gasteiger partial charge in [-0.1, -0.05) is 6.07 Å². The van der Waals surface area contributed by atoms with Gasteiger partial charge in [-0.2, -0.15) is 5.10 Å². The molecular weight excluding hydrogens is 385 g/mol. The fraction of sp³-hybridized carbons (Fsp3) is 0.150. The maximum absolute atomic E-state index is 13.9. The molecule has 0 radical (unpaired) electrons. The molecular formula is C20H15F3N4O2. The van der Waals surface area contributed by atoms with Crippen LogP contribution in [-0.4, -0.2) is 33.0 Å². The van der Waals surface area contributed by atoms with Crippen molar-refractivity contribution in [1.82, 2.24) is 20.1 Å². The molecule has 2 N–H and O–H groups in total. The standard InChI is InChI=1S/C20H15F3N4O2/c1-9(18-10-6-14(22)15(23)7-11(10)19(28)26-25-18)27(2)20(29)17-8-12-13(21)4-3-5-16(12)24-17/h3-9,24H,1-2H3,(H,26,28)/t9-/m1/s1. The van der Waals surface area contributed by atoms with Crippen LogP contribution in [0.1, 0.15) is 29.1 Å². The summed E-state index contributed by atoms with van der Waals surface area (Å²) in [6.45, 7) is 1.63. The van der Waals surface area contributed by atoms with E-state index in [1.54, 1.807) is 13.0 Å². The summed E-state index contributed by atoms with van der Waals surface area (Å²) in [7, 11) is 1.49. The van der Waals surface area contributed by atoms with E-state index in [0.717, 1.165) is 12.1 Å². The summed E-state index contributed by atoms with van der Waals surface area (Å²) in [5.74, 6) is -3.20. The number of rotatable bonds is 3. The van der Waals surface area contributed by atoms with E-state index in [1.807, 2.05) is 0 Å². The van der Waals surface area contributed by atoms with E-state index >= 15 is 0 Å². The molecule has 0 aliphatic carbocycles. The first-order valence-electron chi connectivity index (χ1n) is 8.69. The molecule has 0 saturated heterocycles. The third-order valence-electron chi connectivity index (χ3n) is 5.00. The average Bonchev–Trinajstić information content (AvgIpc) is 3.14. The molecule has 2 heterocycles. The van der Waals surface area contributed by atoms with E-state index < -0.39 is 35.0 Å². The SMILES string of the molecule is C[C@H](c1n[nH]c(=O)c2cc(F)c(F)cc12)N(C)C(=O)c1cc2c(F)cccc2[nH]1. The molecule has 1 atom stereocenters. The number of nitrogens with one attached hydrogen (secondary N) is 2. The van der Waals surface area contributed by atoms with Crippen molar-refractivity contribution in [3.05, 3.63) is 75.6 Å². The molecule has 2 aromatic heterocycles. The highest BCUT2D eigenvalue weighted by atomic mass is 19.2. The number of amides is 1. The fourth-order valence-electron chi connectivity index (χ4n) is 3.28. The van der Waals surface area contributed by atoms with E-state index in [9.17, 15) is 22.8 Å².